The zero-order valence-corrected chi connectivity index (χ0v) is 19.8. The van der Waals surface area contributed by atoms with Gasteiger partial charge in [-0.2, -0.15) is 0 Å². The molecule has 1 N–H and O–H groups in total. The van der Waals surface area contributed by atoms with Gasteiger partial charge in [0.15, 0.2) is 0 Å². The maximum Gasteiger partial charge on any atom is 0.271 e. The van der Waals surface area contributed by atoms with Crippen molar-refractivity contribution in [3.8, 4) is 16.3 Å². The van der Waals surface area contributed by atoms with Gasteiger partial charge in [0.1, 0.15) is 16.8 Å². The van der Waals surface area contributed by atoms with Crippen molar-refractivity contribution in [3.05, 3.63) is 58.1 Å². The molecule has 0 aliphatic heterocycles. The van der Waals surface area contributed by atoms with Crippen LogP contribution in [0.15, 0.2) is 42.5 Å². The summed E-state index contributed by atoms with van der Waals surface area (Å²) in [5, 5.41) is 22.5. The van der Waals surface area contributed by atoms with Crippen molar-refractivity contribution in [2.45, 2.75) is 19.9 Å². The molecule has 0 aliphatic rings. The molecule has 0 spiro atoms. The Hall–Kier alpha value is -3.58. The Kier molecular flexibility index (Phi) is 6.93. The fourth-order valence-corrected chi connectivity index (χ4v) is 5.04. The van der Waals surface area contributed by atoms with E-state index in [0.29, 0.717) is 16.3 Å². The summed E-state index contributed by atoms with van der Waals surface area (Å²) in [6, 6.07) is 9.74. The van der Waals surface area contributed by atoms with E-state index in [4.69, 9.17) is 4.74 Å². The van der Waals surface area contributed by atoms with Crippen LogP contribution in [0.4, 0.5) is 16.5 Å². The molecule has 0 aliphatic carbocycles. The molecule has 1 atom stereocenters. The lowest BCUT2D eigenvalue weighted by Gasteiger charge is -2.29. The molecule has 2 aromatic carbocycles. The van der Waals surface area contributed by atoms with Crippen LogP contribution in [-0.2, 0) is 14.8 Å². The molecule has 0 bridgehead atoms. The molecule has 11 nitrogen and oxygen atoms in total. The molecule has 3 rings (SSSR count). The minimum absolute atomic E-state index is 0.0468. The number of hydrogen-bond donors (Lipinski definition) is 1. The van der Waals surface area contributed by atoms with Crippen LogP contribution in [0.3, 0.4) is 0 Å². The number of nitro groups is 1. The minimum Gasteiger partial charge on any atom is -0.497 e. The van der Waals surface area contributed by atoms with Crippen LogP contribution in [0.1, 0.15) is 12.5 Å². The number of methoxy groups -OCH3 is 1. The zero-order valence-electron chi connectivity index (χ0n) is 18.2. The number of aromatic nitrogens is 2. The normalized spacial score (nSPS) is 12.1. The number of hydrogen-bond acceptors (Lipinski definition) is 9. The Bertz CT molecular complexity index is 1290. The van der Waals surface area contributed by atoms with Crippen LogP contribution in [-0.4, -0.2) is 48.9 Å². The third-order valence-corrected chi connectivity index (χ3v) is 6.84. The Labute approximate surface area is 194 Å². The van der Waals surface area contributed by atoms with E-state index in [-0.39, 0.29) is 16.5 Å². The van der Waals surface area contributed by atoms with E-state index in [2.05, 4.69) is 15.5 Å². The summed E-state index contributed by atoms with van der Waals surface area (Å²) in [6.45, 7) is 2.99. The summed E-state index contributed by atoms with van der Waals surface area (Å²) in [4.78, 5) is 23.4. The summed E-state index contributed by atoms with van der Waals surface area (Å²) < 4.78 is 31.1. The molecular formula is C20H21N5O6S2. The zero-order chi connectivity index (χ0) is 24.3. The van der Waals surface area contributed by atoms with Crippen molar-refractivity contribution >= 4 is 43.8 Å². The van der Waals surface area contributed by atoms with Crippen LogP contribution in [0.25, 0.3) is 10.6 Å². The number of carbonyl (C=O) groups excluding carboxylic acids is 1. The van der Waals surface area contributed by atoms with E-state index in [0.717, 1.165) is 33.5 Å². The van der Waals surface area contributed by atoms with Crippen molar-refractivity contribution in [3.63, 3.8) is 0 Å². The molecule has 33 heavy (non-hydrogen) atoms. The number of aryl methyl sites for hydroxylation is 1. The van der Waals surface area contributed by atoms with E-state index >= 15 is 0 Å². The highest BCUT2D eigenvalue weighted by Crippen LogP contribution is 2.31. The molecule has 0 saturated heterocycles. The van der Waals surface area contributed by atoms with Gasteiger partial charge >= 0.3 is 0 Å². The Balaban J connectivity index is 1.86. The number of rotatable bonds is 8. The van der Waals surface area contributed by atoms with Crippen LogP contribution < -0.4 is 14.4 Å². The maximum absolute atomic E-state index is 12.9. The minimum atomic E-state index is -3.96. The van der Waals surface area contributed by atoms with E-state index in [1.807, 2.05) is 0 Å². The first-order valence-corrected chi connectivity index (χ1v) is 12.2. The van der Waals surface area contributed by atoms with Crippen LogP contribution >= 0.6 is 11.3 Å². The molecule has 13 heteroatoms. The summed E-state index contributed by atoms with van der Waals surface area (Å²) >= 11 is 1.12. The molecule has 3 aromatic rings. The average molecular weight is 492 g/mol. The van der Waals surface area contributed by atoms with E-state index in [9.17, 15) is 23.3 Å². The van der Waals surface area contributed by atoms with Crippen molar-refractivity contribution in [1.82, 2.24) is 10.2 Å². The number of sulfonamides is 1. The van der Waals surface area contributed by atoms with Gasteiger partial charge in [0.05, 0.1) is 24.0 Å². The molecule has 0 saturated carbocycles. The monoisotopic (exact) mass is 491 g/mol. The second kappa shape index (κ2) is 9.50. The first kappa shape index (κ1) is 24.1. The molecular weight excluding hydrogens is 470 g/mol. The third kappa shape index (κ3) is 5.43. The summed E-state index contributed by atoms with van der Waals surface area (Å²) in [5.41, 5.74) is 0.992. The predicted octanol–water partition coefficient (Wildman–Crippen LogP) is 3.22. The number of carbonyl (C=O) groups is 1. The number of amides is 1. The van der Waals surface area contributed by atoms with E-state index in [1.54, 1.807) is 38.3 Å². The van der Waals surface area contributed by atoms with Gasteiger partial charge in [0.2, 0.25) is 21.1 Å². The highest BCUT2D eigenvalue weighted by molar-refractivity contribution is 7.92. The number of anilines is 2. The molecule has 0 fully saturated rings. The van der Waals surface area contributed by atoms with Gasteiger partial charge in [-0.1, -0.05) is 17.4 Å². The number of nitrogens with one attached hydrogen (secondary N) is 1. The lowest BCUT2D eigenvalue weighted by molar-refractivity contribution is -0.384. The first-order valence-electron chi connectivity index (χ1n) is 9.54. The maximum atomic E-state index is 12.9. The van der Waals surface area contributed by atoms with E-state index < -0.39 is 26.9 Å². The Morgan fingerprint density at radius 3 is 2.45 bits per heavy atom. The van der Waals surface area contributed by atoms with Crippen molar-refractivity contribution in [2.24, 2.45) is 0 Å². The standard InChI is InChI=1S/C20H21N5O6S2/c1-12-5-8-15(25(27)28)11-17(12)24(33(4,29)30)13(2)18(26)21-20-23-22-19(32-20)14-6-9-16(31-3)10-7-14/h5-11,13H,1-4H3,(H,21,23,26). The number of non-ortho nitro benzene ring substituents is 1. The molecule has 1 amide bonds. The third-order valence-electron chi connectivity index (χ3n) is 4.72. The first-order chi connectivity index (χ1) is 15.5. The number of nitrogens with zero attached hydrogens (tertiary/aromatic N) is 4. The second-order valence-corrected chi connectivity index (χ2v) is 9.93. The van der Waals surface area contributed by atoms with Gasteiger partial charge < -0.3 is 4.74 Å². The van der Waals surface area contributed by atoms with Crippen molar-refractivity contribution in [2.75, 3.05) is 23.0 Å². The van der Waals surface area contributed by atoms with Gasteiger partial charge in [0.25, 0.3) is 5.69 Å². The van der Waals surface area contributed by atoms with Crippen molar-refractivity contribution in [1.29, 1.82) is 0 Å². The fourth-order valence-electron chi connectivity index (χ4n) is 3.06. The number of ether oxygens (including phenoxy) is 1. The van der Waals surface area contributed by atoms with Crippen molar-refractivity contribution < 1.29 is 22.9 Å². The van der Waals surface area contributed by atoms with Gasteiger partial charge in [0, 0.05) is 17.7 Å². The second-order valence-electron chi connectivity index (χ2n) is 7.09. The fraction of sp³-hybridized carbons (Fsp3) is 0.250. The van der Waals surface area contributed by atoms with Crippen LogP contribution in [0, 0.1) is 17.0 Å². The molecule has 0 radical (unpaired) electrons. The van der Waals surface area contributed by atoms with Gasteiger partial charge in [-0.25, -0.2) is 8.42 Å². The van der Waals surface area contributed by atoms with Crippen LogP contribution in [0.2, 0.25) is 0 Å². The highest BCUT2D eigenvalue weighted by Gasteiger charge is 2.31. The lowest BCUT2D eigenvalue weighted by atomic mass is 10.1. The largest absolute Gasteiger partial charge is 0.497 e. The van der Waals surface area contributed by atoms with Gasteiger partial charge in [-0.05, 0) is 43.7 Å². The highest BCUT2D eigenvalue weighted by atomic mass is 32.2. The summed E-state index contributed by atoms with van der Waals surface area (Å²) in [5.74, 6) is 0.0201. The number of nitro benzene ring substituents is 1. The average Bonchev–Trinajstić information content (AvgIpc) is 3.22. The number of benzene rings is 2. The smallest absolute Gasteiger partial charge is 0.271 e. The quantitative estimate of drug-likeness (QED) is 0.373. The van der Waals surface area contributed by atoms with Crippen LogP contribution in [0.5, 0.6) is 5.75 Å². The Morgan fingerprint density at radius 1 is 1.21 bits per heavy atom. The molecule has 1 aromatic heterocycles. The van der Waals surface area contributed by atoms with E-state index in [1.165, 1.54) is 19.1 Å². The van der Waals surface area contributed by atoms with Gasteiger partial charge in [-0.15, -0.1) is 10.2 Å². The molecule has 174 valence electrons. The topological polar surface area (TPSA) is 145 Å². The summed E-state index contributed by atoms with van der Waals surface area (Å²) in [6.07, 6.45) is 0.932. The lowest BCUT2D eigenvalue weighted by Crippen LogP contribution is -2.45. The predicted molar refractivity (Wildman–Crippen MR) is 125 cm³/mol. The Morgan fingerprint density at radius 2 is 1.88 bits per heavy atom. The molecule has 1 heterocycles. The molecule has 1 unspecified atom stereocenters. The SMILES string of the molecule is COc1ccc(-c2nnc(NC(=O)C(C)N(c3cc([N+](=O)[O-])ccc3C)S(C)(=O)=O)s2)cc1. The van der Waals surface area contributed by atoms with Gasteiger partial charge in [-0.3, -0.25) is 24.5 Å². The summed E-state index contributed by atoms with van der Waals surface area (Å²) in [7, 11) is -2.40.